The molecule has 1 rings (SSSR count). The standard InChI is InChI=1S/C6H5NO2.C2H2/c8-7(9)6-4-2-1-3-5-6;1-2/h1-5H;1-2H. The van der Waals surface area contributed by atoms with Crippen molar-refractivity contribution in [3.63, 3.8) is 0 Å². The van der Waals surface area contributed by atoms with Gasteiger partial charge in [0.1, 0.15) is 0 Å². The predicted octanol–water partition coefficient (Wildman–Crippen LogP) is 1.84. The third-order valence-corrected chi connectivity index (χ3v) is 0.967. The maximum absolute atomic E-state index is 10.0. The maximum atomic E-state index is 10.0. The fourth-order valence-electron chi connectivity index (χ4n) is 0.550. The van der Waals surface area contributed by atoms with E-state index in [1.54, 1.807) is 18.2 Å². The minimum absolute atomic E-state index is 0.137. The van der Waals surface area contributed by atoms with Crippen LogP contribution in [0.15, 0.2) is 30.3 Å². The number of rotatable bonds is 1. The Morgan fingerprint density at radius 3 is 1.91 bits per heavy atom. The molecule has 1 aromatic carbocycles. The summed E-state index contributed by atoms with van der Waals surface area (Å²) in [7, 11) is 0. The molecule has 0 amide bonds. The molecule has 0 aliphatic heterocycles. The molecule has 0 bridgehead atoms. The molecule has 0 fully saturated rings. The number of nitro groups is 1. The molecule has 0 unspecified atom stereocenters. The van der Waals surface area contributed by atoms with Crippen molar-refractivity contribution in [1.29, 1.82) is 0 Å². The van der Waals surface area contributed by atoms with Gasteiger partial charge >= 0.3 is 0 Å². The normalized spacial score (nSPS) is 7.45. The first kappa shape index (κ1) is 9.18. The van der Waals surface area contributed by atoms with Gasteiger partial charge in [-0.25, -0.2) is 0 Å². The Balaban J connectivity index is 0.000000461. The quantitative estimate of drug-likeness (QED) is 0.347. The van der Waals surface area contributed by atoms with E-state index in [0.717, 1.165) is 0 Å². The maximum Gasteiger partial charge on any atom is 0.269 e. The molecule has 0 aliphatic carbocycles. The lowest BCUT2D eigenvalue weighted by Gasteiger charge is -1.85. The molecule has 0 aliphatic rings. The van der Waals surface area contributed by atoms with Crippen molar-refractivity contribution in [3.05, 3.63) is 40.4 Å². The van der Waals surface area contributed by atoms with Crippen molar-refractivity contribution in [3.8, 4) is 12.8 Å². The van der Waals surface area contributed by atoms with Crippen LogP contribution in [-0.2, 0) is 0 Å². The van der Waals surface area contributed by atoms with Crippen molar-refractivity contribution in [2.24, 2.45) is 0 Å². The monoisotopic (exact) mass is 149 g/mol. The highest BCUT2D eigenvalue weighted by Crippen LogP contribution is 2.06. The fourth-order valence-corrected chi connectivity index (χ4v) is 0.550. The van der Waals surface area contributed by atoms with Gasteiger partial charge in [-0.1, -0.05) is 18.2 Å². The molecule has 0 atom stereocenters. The van der Waals surface area contributed by atoms with E-state index in [4.69, 9.17) is 0 Å². The topological polar surface area (TPSA) is 43.1 Å². The molecular formula is C8H7NO2. The molecule has 0 radical (unpaired) electrons. The van der Waals surface area contributed by atoms with Crippen molar-refractivity contribution < 1.29 is 4.92 Å². The van der Waals surface area contributed by atoms with E-state index >= 15 is 0 Å². The molecule has 0 N–H and O–H groups in total. The van der Waals surface area contributed by atoms with E-state index in [0.29, 0.717) is 0 Å². The van der Waals surface area contributed by atoms with Gasteiger partial charge < -0.3 is 0 Å². The molecule has 0 saturated carbocycles. The molecule has 56 valence electrons. The van der Waals surface area contributed by atoms with Gasteiger partial charge in [0.2, 0.25) is 0 Å². The zero-order chi connectivity index (χ0) is 8.69. The average Bonchev–Trinajstić information content (AvgIpc) is 2.10. The SMILES string of the molecule is C#C.O=[N+]([O-])c1ccccc1. The molecule has 3 heteroatoms. The van der Waals surface area contributed by atoms with Crippen LogP contribution in [-0.4, -0.2) is 4.92 Å². The Morgan fingerprint density at radius 1 is 1.18 bits per heavy atom. The Kier molecular flexibility index (Phi) is 4.18. The summed E-state index contributed by atoms with van der Waals surface area (Å²) in [5.74, 6) is 0. The lowest BCUT2D eigenvalue weighted by Crippen LogP contribution is -1.84. The van der Waals surface area contributed by atoms with Crippen LogP contribution in [0.25, 0.3) is 0 Å². The molecular weight excluding hydrogens is 142 g/mol. The minimum atomic E-state index is -0.417. The number of nitro benzene ring substituents is 1. The third kappa shape index (κ3) is 3.01. The average molecular weight is 149 g/mol. The Morgan fingerprint density at radius 2 is 1.64 bits per heavy atom. The smallest absolute Gasteiger partial charge is 0.258 e. The molecule has 1 aromatic rings. The van der Waals surface area contributed by atoms with Crippen molar-refractivity contribution in [2.75, 3.05) is 0 Å². The molecule has 11 heavy (non-hydrogen) atoms. The molecule has 0 saturated heterocycles. The Bertz CT molecular complexity index is 241. The second-order valence-corrected chi connectivity index (χ2v) is 1.59. The lowest BCUT2D eigenvalue weighted by atomic mass is 10.3. The van der Waals surface area contributed by atoms with Gasteiger partial charge in [0.25, 0.3) is 5.69 Å². The molecule has 3 nitrogen and oxygen atoms in total. The number of hydrogen-bond acceptors (Lipinski definition) is 2. The number of hydrogen-bond donors (Lipinski definition) is 0. The van der Waals surface area contributed by atoms with Gasteiger partial charge in [0, 0.05) is 12.1 Å². The van der Waals surface area contributed by atoms with Crippen LogP contribution in [0.3, 0.4) is 0 Å². The number of non-ortho nitro benzene ring substituents is 1. The van der Waals surface area contributed by atoms with E-state index in [-0.39, 0.29) is 5.69 Å². The van der Waals surface area contributed by atoms with Crippen LogP contribution in [0, 0.1) is 23.0 Å². The van der Waals surface area contributed by atoms with Crippen LogP contribution in [0.4, 0.5) is 5.69 Å². The largest absolute Gasteiger partial charge is 0.269 e. The van der Waals surface area contributed by atoms with Gasteiger partial charge in [-0.3, -0.25) is 10.1 Å². The van der Waals surface area contributed by atoms with Gasteiger partial charge in [0.15, 0.2) is 0 Å². The summed E-state index contributed by atoms with van der Waals surface area (Å²) < 4.78 is 0. The van der Waals surface area contributed by atoms with Crippen molar-refractivity contribution >= 4 is 5.69 Å². The summed E-state index contributed by atoms with van der Waals surface area (Å²) in [6.45, 7) is 0. The van der Waals surface area contributed by atoms with Crippen LogP contribution in [0.5, 0.6) is 0 Å². The molecule has 0 heterocycles. The minimum Gasteiger partial charge on any atom is -0.258 e. The van der Waals surface area contributed by atoms with Crippen LogP contribution in [0.1, 0.15) is 0 Å². The van der Waals surface area contributed by atoms with Crippen LogP contribution in [0.2, 0.25) is 0 Å². The summed E-state index contributed by atoms with van der Waals surface area (Å²) >= 11 is 0. The highest BCUT2D eigenvalue weighted by atomic mass is 16.6. The number of nitrogens with zero attached hydrogens (tertiary/aromatic N) is 1. The number of para-hydroxylation sites is 1. The molecule has 0 aromatic heterocycles. The highest BCUT2D eigenvalue weighted by Gasteiger charge is 1.98. The summed E-state index contributed by atoms with van der Waals surface area (Å²) in [6.07, 6.45) is 8.00. The predicted molar refractivity (Wildman–Crippen MR) is 43.0 cm³/mol. The number of terminal acetylenes is 1. The first-order valence-corrected chi connectivity index (χ1v) is 2.83. The lowest BCUT2D eigenvalue weighted by molar-refractivity contribution is -0.384. The van der Waals surface area contributed by atoms with Gasteiger partial charge in [-0.05, 0) is 0 Å². The van der Waals surface area contributed by atoms with Gasteiger partial charge in [-0.15, -0.1) is 12.8 Å². The van der Waals surface area contributed by atoms with Crippen LogP contribution >= 0.6 is 0 Å². The number of benzene rings is 1. The van der Waals surface area contributed by atoms with Gasteiger partial charge in [0.05, 0.1) is 4.92 Å². The van der Waals surface area contributed by atoms with Crippen molar-refractivity contribution in [2.45, 2.75) is 0 Å². The van der Waals surface area contributed by atoms with E-state index in [9.17, 15) is 10.1 Å². The second kappa shape index (κ2) is 5.00. The van der Waals surface area contributed by atoms with Crippen LogP contribution < -0.4 is 0 Å². The highest BCUT2D eigenvalue weighted by molar-refractivity contribution is 5.27. The third-order valence-electron chi connectivity index (χ3n) is 0.967. The van der Waals surface area contributed by atoms with E-state index < -0.39 is 4.92 Å². The Labute approximate surface area is 64.8 Å². The van der Waals surface area contributed by atoms with E-state index in [1.807, 2.05) is 0 Å². The summed E-state index contributed by atoms with van der Waals surface area (Å²) in [4.78, 5) is 9.59. The van der Waals surface area contributed by atoms with E-state index in [2.05, 4.69) is 12.8 Å². The zero-order valence-corrected chi connectivity index (χ0v) is 5.81. The fraction of sp³-hybridized carbons (Fsp3) is 0. The summed E-state index contributed by atoms with van der Waals surface area (Å²) in [5, 5.41) is 10.0. The molecule has 0 spiro atoms. The summed E-state index contributed by atoms with van der Waals surface area (Å²) in [5.41, 5.74) is 0.137. The van der Waals surface area contributed by atoms with E-state index in [1.165, 1.54) is 12.1 Å². The Hall–Kier alpha value is -1.82. The summed E-state index contributed by atoms with van der Waals surface area (Å²) in [6, 6.07) is 7.93. The zero-order valence-electron chi connectivity index (χ0n) is 5.81. The first-order valence-electron chi connectivity index (χ1n) is 2.83. The second-order valence-electron chi connectivity index (χ2n) is 1.59. The van der Waals surface area contributed by atoms with Gasteiger partial charge in [-0.2, -0.15) is 0 Å². The van der Waals surface area contributed by atoms with Crippen molar-refractivity contribution in [1.82, 2.24) is 0 Å². The first-order chi connectivity index (χ1) is 5.30.